The van der Waals surface area contributed by atoms with Gasteiger partial charge in [-0.2, -0.15) is 0 Å². The predicted molar refractivity (Wildman–Crippen MR) is 56.8 cm³/mol. The van der Waals surface area contributed by atoms with E-state index in [1.54, 1.807) is 6.20 Å². The van der Waals surface area contributed by atoms with Crippen molar-refractivity contribution in [3.05, 3.63) is 30.1 Å². The number of nitrogens with zero attached hydrogens (tertiary/aromatic N) is 1. The fraction of sp³-hybridized carbons (Fsp3) is 0.545. The quantitative estimate of drug-likeness (QED) is 0.748. The molecule has 1 aromatic rings. The van der Waals surface area contributed by atoms with Crippen LogP contribution in [-0.4, -0.2) is 18.6 Å². The van der Waals surface area contributed by atoms with Crippen molar-refractivity contribution >= 4 is 0 Å². The van der Waals surface area contributed by atoms with Gasteiger partial charge in [0, 0.05) is 30.4 Å². The van der Waals surface area contributed by atoms with Crippen molar-refractivity contribution in [2.45, 2.75) is 18.9 Å². The first-order chi connectivity index (χ1) is 6.78. The summed E-state index contributed by atoms with van der Waals surface area (Å²) < 4.78 is 0. The van der Waals surface area contributed by atoms with E-state index in [-0.39, 0.29) is 11.5 Å². The summed E-state index contributed by atoms with van der Waals surface area (Å²) in [6.07, 6.45) is 6.11. The summed E-state index contributed by atoms with van der Waals surface area (Å²) in [5.74, 6) is 0. The third kappa shape index (κ3) is 1.65. The van der Waals surface area contributed by atoms with Crippen LogP contribution in [0.1, 0.15) is 24.4 Å². The molecule has 1 aromatic heterocycles. The van der Waals surface area contributed by atoms with Crippen molar-refractivity contribution in [3.63, 3.8) is 0 Å². The molecular formula is C11H17N3. The Hall–Kier alpha value is -0.930. The lowest BCUT2D eigenvalue weighted by atomic mass is 9.92. The predicted octanol–water partition coefficient (Wildman–Crippen LogP) is 1.08. The molecule has 1 saturated carbocycles. The van der Waals surface area contributed by atoms with Crippen LogP contribution in [0.15, 0.2) is 24.5 Å². The minimum atomic E-state index is 0.128. The molecule has 3 N–H and O–H groups in total. The van der Waals surface area contributed by atoms with Gasteiger partial charge in [0.15, 0.2) is 0 Å². The maximum atomic E-state index is 6.24. The molecule has 1 aliphatic rings. The van der Waals surface area contributed by atoms with Gasteiger partial charge in [-0.1, -0.05) is 6.07 Å². The van der Waals surface area contributed by atoms with Crippen LogP contribution in [0.2, 0.25) is 0 Å². The molecule has 0 bridgehead atoms. The van der Waals surface area contributed by atoms with Crippen molar-refractivity contribution in [2.75, 3.05) is 13.6 Å². The Bertz CT molecular complexity index is 293. The monoisotopic (exact) mass is 191 g/mol. The van der Waals surface area contributed by atoms with E-state index < -0.39 is 0 Å². The number of nitrogens with one attached hydrogen (secondary N) is 1. The molecule has 0 radical (unpaired) electrons. The van der Waals surface area contributed by atoms with Crippen LogP contribution in [0.4, 0.5) is 0 Å². The van der Waals surface area contributed by atoms with Gasteiger partial charge in [-0.15, -0.1) is 0 Å². The van der Waals surface area contributed by atoms with Gasteiger partial charge in [0.1, 0.15) is 0 Å². The van der Waals surface area contributed by atoms with Crippen molar-refractivity contribution < 1.29 is 0 Å². The smallest absolute Gasteiger partial charge is 0.0379 e. The van der Waals surface area contributed by atoms with E-state index in [0.717, 1.165) is 12.1 Å². The molecule has 76 valence electrons. The first-order valence-electron chi connectivity index (χ1n) is 5.09. The highest BCUT2D eigenvalue weighted by Gasteiger charge is 2.47. The van der Waals surface area contributed by atoms with Crippen LogP contribution in [0.3, 0.4) is 0 Å². The summed E-state index contributed by atoms with van der Waals surface area (Å²) >= 11 is 0. The molecule has 0 aliphatic heterocycles. The molecule has 3 nitrogen and oxygen atoms in total. The normalized spacial score (nSPS) is 20.4. The van der Waals surface area contributed by atoms with Crippen molar-refractivity contribution in [2.24, 2.45) is 11.1 Å². The standard InChI is InChI=1S/C11H17N3/c1-13-8-11(4-5-11)10(12)9-3-2-6-14-7-9/h2-3,6-7,10,13H,4-5,8,12H2,1H3. The fourth-order valence-electron chi connectivity index (χ4n) is 2.02. The van der Waals surface area contributed by atoms with E-state index >= 15 is 0 Å². The molecule has 14 heavy (non-hydrogen) atoms. The highest BCUT2D eigenvalue weighted by Crippen LogP contribution is 2.53. The molecule has 1 aliphatic carbocycles. The summed E-state index contributed by atoms with van der Waals surface area (Å²) in [6.45, 7) is 1.00. The second kappa shape index (κ2) is 3.67. The Morgan fingerprint density at radius 1 is 1.64 bits per heavy atom. The largest absolute Gasteiger partial charge is 0.323 e. The van der Waals surface area contributed by atoms with Crippen molar-refractivity contribution in [1.82, 2.24) is 10.3 Å². The SMILES string of the molecule is CNCC1(C(N)c2cccnc2)CC1. The maximum absolute atomic E-state index is 6.24. The zero-order valence-corrected chi connectivity index (χ0v) is 8.53. The Balaban J connectivity index is 2.12. The average molecular weight is 191 g/mol. The van der Waals surface area contributed by atoms with Crippen LogP contribution >= 0.6 is 0 Å². The highest BCUT2D eigenvalue weighted by atomic mass is 14.9. The van der Waals surface area contributed by atoms with Crippen LogP contribution in [0.5, 0.6) is 0 Å². The lowest BCUT2D eigenvalue weighted by Crippen LogP contribution is -2.31. The molecular weight excluding hydrogens is 174 g/mol. The zero-order chi connectivity index (χ0) is 10.0. The van der Waals surface area contributed by atoms with E-state index in [2.05, 4.69) is 16.4 Å². The van der Waals surface area contributed by atoms with Gasteiger partial charge in [-0.3, -0.25) is 4.98 Å². The fourth-order valence-corrected chi connectivity index (χ4v) is 2.02. The summed E-state index contributed by atoms with van der Waals surface area (Å²) in [5, 5.41) is 3.22. The van der Waals surface area contributed by atoms with Gasteiger partial charge in [-0.25, -0.2) is 0 Å². The van der Waals surface area contributed by atoms with E-state index in [1.165, 1.54) is 12.8 Å². The van der Waals surface area contributed by atoms with E-state index in [1.807, 2.05) is 19.3 Å². The lowest BCUT2D eigenvalue weighted by Gasteiger charge is -2.22. The van der Waals surface area contributed by atoms with Gasteiger partial charge < -0.3 is 11.1 Å². The third-order valence-corrected chi connectivity index (χ3v) is 3.12. The lowest BCUT2D eigenvalue weighted by molar-refractivity contribution is 0.392. The zero-order valence-electron chi connectivity index (χ0n) is 8.53. The van der Waals surface area contributed by atoms with Gasteiger partial charge in [0.2, 0.25) is 0 Å². The van der Waals surface area contributed by atoms with Crippen molar-refractivity contribution in [1.29, 1.82) is 0 Å². The second-order valence-electron chi connectivity index (χ2n) is 4.16. The Kier molecular flexibility index (Phi) is 2.52. The Labute approximate surface area is 84.7 Å². The highest BCUT2D eigenvalue weighted by molar-refractivity contribution is 5.20. The van der Waals surface area contributed by atoms with E-state index in [4.69, 9.17) is 5.73 Å². The van der Waals surface area contributed by atoms with Gasteiger partial charge in [0.05, 0.1) is 0 Å². The molecule has 0 amide bonds. The molecule has 1 heterocycles. The second-order valence-corrected chi connectivity index (χ2v) is 4.16. The summed E-state index contributed by atoms with van der Waals surface area (Å²) in [5.41, 5.74) is 7.68. The molecule has 0 saturated heterocycles. The first-order valence-corrected chi connectivity index (χ1v) is 5.09. The van der Waals surface area contributed by atoms with Crippen LogP contribution in [0.25, 0.3) is 0 Å². The Morgan fingerprint density at radius 3 is 2.93 bits per heavy atom. The number of rotatable bonds is 4. The first kappa shape index (κ1) is 9.62. The van der Waals surface area contributed by atoms with Gasteiger partial charge in [0.25, 0.3) is 0 Å². The van der Waals surface area contributed by atoms with E-state index in [9.17, 15) is 0 Å². The molecule has 1 unspecified atom stereocenters. The number of nitrogens with two attached hydrogens (primary N) is 1. The number of aromatic nitrogens is 1. The van der Waals surface area contributed by atoms with Crippen LogP contribution < -0.4 is 11.1 Å². The maximum Gasteiger partial charge on any atom is 0.0379 e. The molecule has 0 aromatic carbocycles. The Morgan fingerprint density at radius 2 is 2.43 bits per heavy atom. The molecule has 0 spiro atoms. The number of hydrogen-bond donors (Lipinski definition) is 2. The van der Waals surface area contributed by atoms with Crippen LogP contribution in [0, 0.1) is 5.41 Å². The molecule has 1 atom stereocenters. The minimum Gasteiger partial charge on any atom is -0.323 e. The van der Waals surface area contributed by atoms with Crippen LogP contribution in [-0.2, 0) is 0 Å². The molecule has 1 fully saturated rings. The number of hydrogen-bond acceptors (Lipinski definition) is 3. The molecule has 3 heteroatoms. The van der Waals surface area contributed by atoms with E-state index in [0.29, 0.717) is 0 Å². The summed E-state index contributed by atoms with van der Waals surface area (Å²) in [4.78, 5) is 4.11. The van der Waals surface area contributed by atoms with Crippen molar-refractivity contribution in [3.8, 4) is 0 Å². The average Bonchev–Trinajstić information content (AvgIpc) is 3.00. The minimum absolute atomic E-state index is 0.128. The number of pyridine rings is 1. The van der Waals surface area contributed by atoms with Gasteiger partial charge >= 0.3 is 0 Å². The summed E-state index contributed by atoms with van der Waals surface area (Å²) in [7, 11) is 1.98. The molecule has 2 rings (SSSR count). The third-order valence-electron chi connectivity index (χ3n) is 3.12. The van der Waals surface area contributed by atoms with Gasteiger partial charge in [-0.05, 0) is 31.5 Å². The topological polar surface area (TPSA) is 50.9 Å². The summed E-state index contributed by atoms with van der Waals surface area (Å²) in [6, 6.07) is 4.14.